The molecule has 1 heterocycles. The van der Waals surface area contributed by atoms with Crippen LogP contribution in [0.3, 0.4) is 0 Å². The van der Waals surface area contributed by atoms with E-state index < -0.39 is 0 Å². The molecule has 0 saturated carbocycles. The van der Waals surface area contributed by atoms with Crippen LogP contribution in [0.4, 0.5) is 10.5 Å². The Balaban J connectivity index is 1.60. The van der Waals surface area contributed by atoms with Crippen molar-refractivity contribution in [3.8, 4) is 11.5 Å². The number of carbonyl (C=O) groups is 1. The molecule has 1 N–H and O–H groups in total. The fourth-order valence-electron chi connectivity index (χ4n) is 2.78. The highest BCUT2D eigenvalue weighted by atomic mass is 16.5. The number of likely N-dealkylation sites (tertiary alicyclic amines) is 1. The molecule has 0 aromatic heterocycles. The van der Waals surface area contributed by atoms with E-state index in [1.165, 1.54) is 5.56 Å². The van der Waals surface area contributed by atoms with Crippen LogP contribution >= 0.6 is 0 Å². The van der Waals surface area contributed by atoms with Gasteiger partial charge in [-0.05, 0) is 63.1 Å². The summed E-state index contributed by atoms with van der Waals surface area (Å²) < 4.78 is 5.79. The summed E-state index contributed by atoms with van der Waals surface area (Å²) in [5.41, 5.74) is 1.98. The highest BCUT2D eigenvalue weighted by Crippen LogP contribution is 2.24. The molecule has 4 nitrogen and oxygen atoms in total. The number of nitrogens with zero attached hydrogens (tertiary/aromatic N) is 1. The van der Waals surface area contributed by atoms with Gasteiger partial charge in [-0.3, -0.25) is 0 Å². The SMILES string of the molecule is Cc1ccc(Oc2ccc(NC(=O)N3CCCC3C)cc2)cc1. The number of carbonyl (C=O) groups excluding carboxylic acids is 1. The van der Waals surface area contributed by atoms with Gasteiger partial charge >= 0.3 is 6.03 Å². The molecule has 2 aromatic carbocycles. The van der Waals surface area contributed by atoms with Gasteiger partial charge in [-0.15, -0.1) is 0 Å². The number of aryl methyl sites for hydroxylation is 1. The van der Waals surface area contributed by atoms with Crippen molar-refractivity contribution in [3.63, 3.8) is 0 Å². The number of hydrogen-bond acceptors (Lipinski definition) is 2. The summed E-state index contributed by atoms with van der Waals surface area (Å²) in [6.07, 6.45) is 2.16. The van der Waals surface area contributed by atoms with Crippen LogP contribution in [-0.4, -0.2) is 23.5 Å². The molecule has 0 spiro atoms. The van der Waals surface area contributed by atoms with Crippen molar-refractivity contribution in [2.24, 2.45) is 0 Å². The van der Waals surface area contributed by atoms with Crippen molar-refractivity contribution in [1.82, 2.24) is 4.90 Å². The predicted octanol–water partition coefficient (Wildman–Crippen LogP) is 4.80. The third kappa shape index (κ3) is 3.83. The van der Waals surface area contributed by atoms with E-state index in [4.69, 9.17) is 4.74 Å². The van der Waals surface area contributed by atoms with E-state index in [1.807, 2.05) is 60.4 Å². The van der Waals surface area contributed by atoms with Crippen LogP contribution in [0, 0.1) is 6.92 Å². The Morgan fingerprint density at radius 3 is 2.26 bits per heavy atom. The van der Waals surface area contributed by atoms with Gasteiger partial charge in [0.25, 0.3) is 0 Å². The van der Waals surface area contributed by atoms with Crippen LogP contribution in [0.25, 0.3) is 0 Å². The zero-order valence-electron chi connectivity index (χ0n) is 13.6. The van der Waals surface area contributed by atoms with Crippen LogP contribution in [-0.2, 0) is 0 Å². The van der Waals surface area contributed by atoms with Gasteiger partial charge in [0, 0.05) is 18.3 Å². The molecular weight excluding hydrogens is 288 g/mol. The van der Waals surface area contributed by atoms with Gasteiger partial charge in [0.05, 0.1) is 0 Å². The van der Waals surface area contributed by atoms with E-state index in [0.29, 0.717) is 6.04 Å². The number of ether oxygens (including phenoxy) is 1. The highest BCUT2D eigenvalue weighted by molar-refractivity contribution is 5.89. The number of hydrogen-bond donors (Lipinski definition) is 1. The Hall–Kier alpha value is -2.49. The van der Waals surface area contributed by atoms with E-state index in [2.05, 4.69) is 12.2 Å². The second kappa shape index (κ2) is 6.73. The number of urea groups is 1. The van der Waals surface area contributed by atoms with Gasteiger partial charge in [-0.1, -0.05) is 17.7 Å². The monoisotopic (exact) mass is 310 g/mol. The Labute approximate surface area is 137 Å². The van der Waals surface area contributed by atoms with Crippen LogP contribution < -0.4 is 10.1 Å². The lowest BCUT2D eigenvalue weighted by atomic mass is 10.2. The van der Waals surface area contributed by atoms with E-state index in [-0.39, 0.29) is 6.03 Å². The largest absolute Gasteiger partial charge is 0.457 e. The van der Waals surface area contributed by atoms with Crippen molar-refractivity contribution in [3.05, 3.63) is 54.1 Å². The average Bonchev–Trinajstić information content (AvgIpc) is 2.98. The van der Waals surface area contributed by atoms with Crippen LogP contribution in [0.5, 0.6) is 11.5 Å². The molecule has 0 aliphatic carbocycles. The first-order chi connectivity index (χ1) is 11.1. The van der Waals surface area contributed by atoms with Gasteiger partial charge in [0.1, 0.15) is 11.5 Å². The van der Waals surface area contributed by atoms with Crippen molar-refractivity contribution in [1.29, 1.82) is 0 Å². The lowest BCUT2D eigenvalue weighted by Gasteiger charge is -2.21. The average molecular weight is 310 g/mol. The van der Waals surface area contributed by atoms with Crippen molar-refractivity contribution in [2.45, 2.75) is 32.7 Å². The standard InChI is InChI=1S/C19H22N2O2/c1-14-5-9-17(10-6-14)23-18-11-7-16(8-12-18)20-19(22)21-13-3-4-15(21)2/h5-12,15H,3-4,13H2,1-2H3,(H,20,22). The van der Waals surface area contributed by atoms with E-state index >= 15 is 0 Å². The molecular formula is C19H22N2O2. The maximum Gasteiger partial charge on any atom is 0.322 e. The van der Waals surface area contributed by atoms with Gasteiger partial charge in [-0.2, -0.15) is 0 Å². The summed E-state index contributed by atoms with van der Waals surface area (Å²) in [5.74, 6) is 1.56. The summed E-state index contributed by atoms with van der Waals surface area (Å²) in [4.78, 5) is 14.1. The number of nitrogens with one attached hydrogen (secondary N) is 1. The van der Waals surface area contributed by atoms with Crippen molar-refractivity contribution < 1.29 is 9.53 Å². The summed E-state index contributed by atoms with van der Waals surface area (Å²) in [7, 11) is 0. The fourth-order valence-corrected chi connectivity index (χ4v) is 2.78. The van der Waals surface area contributed by atoms with Crippen molar-refractivity contribution >= 4 is 11.7 Å². The molecule has 120 valence electrons. The fraction of sp³-hybridized carbons (Fsp3) is 0.316. The molecule has 4 heteroatoms. The molecule has 1 atom stereocenters. The first-order valence-corrected chi connectivity index (χ1v) is 8.04. The quantitative estimate of drug-likeness (QED) is 0.884. The van der Waals surface area contributed by atoms with E-state index in [9.17, 15) is 4.79 Å². The molecule has 1 fully saturated rings. The van der Waals surface area contributed by atoms with Crippen LogP contribution in [0.1, 0.15) is 25.3 Å². The summed E-state index contributed by atoms with van der Waals surface area (Å²) >= 11 is 0. The van der Waals surface area contributed by atoms with Crippen LogP contribution in [0.15, 0.2) is 48.5 Å². The molecule has 2 aromatic rings. The molecule has 0 bridgehead atoms. The van der Waals surface area contributed by atoms with Gasteiger partial charge in [0.15, 0.2) is 0 Å². The lowest BCUT2D eigenvalue weighted by molar-refractivity contribution is 0.210. The first-order valence-electron chi connectivity index (χ1n) is 8.04. The normalized spacial score (nSPS) is 17.1. The third-order valence-corrected chi connectivity index (χ3v) is 4.18. The maximum atomic E-state index is 12.2. The lowest BCUT2D eigenvalue weighted by Crippen LogP contribution is -2.37. The summed E-state index contributed by atoms with van der Waals surface area (Å²) in [5, 5.41) is 2.94. The minimum Gasteiger partial charge on any atom is -0.457 e. The molecule has 2 amide bonds. The Bertz CT molecular complexity index is 665. The molecule has 23 heavy (non-hydrogen) atoms. The molecule has 1 aliphatic heterocycles. The van der Waals surface area contributed by atoms with E-state index in [0.717, 1.165) is 36.6 Å². The number of anilines is 1. The molecule has 3 rings (SSSR count). The number of amides is 2. The maximum absolute atomic E-state index is 12.2. The minimum atomic E-state index is -0.0257. The van der Waals surface area contributed by atoms with Gasteiger partial charge in [-0.25, -0.2) is 4.79 Å². The smallest absolute Gasteiger partial charge is 0.322 e. The first kappa shape index (κ1) is 15.4. The van der Waals surface area contributed by atoms with Crippen molar-refractivity contribution in [2.75, 3.05) is 11.9 Å². The molecule has 1 aliphatic rings. The summed E-state index contributed by atoms with van der Waals surface area (Å²) in [6.45, 7) is 4.97. The zero-order valence-corrected chi connectivity index (χ0v) is 13.6. The summed E-state index contributed by atoms with van der Waals surface area (Å²) in [6, 6.07) is 15.7. The van der Waals surface area contributed by atoms with Gasteiger partial charge in [0.2, 0.25) is 0 Å². The van der Waals surface area contributed by atoms with Crippen LogP contribution in [0.2, 0.25) is 0 Å². The second-order valence-corrected chi connectivity index (χ2v) is 6.05. The minimum absolute atomic E-state index is 0.0257. The number of benzene rings is 2. The predicted molar refractivity (Wildman–Crippen MR) is 92.1 cm³/mol. The molecule has 0 radical (unpaired) electrons. The number of rotatable bonds is 3. The Kier molecular flexibility index (Phi) is 4.51. The zero-order chi connectivity index (χ0) is 16.2. The second-order valence-electron chi connectivity index (χ2n) is 6.05. The topological polar surface area (TPSA) is 41.6 Å². The molecule has 1 unspecified atom stereocenters. The van der Waals surface area contributed by atoms with Gasteiger partial charge < -0.3 is 15.0 Å². The molecule has 1 saturated heterocycles. The van der Waals surface area contributed by atoms with E-state index in [1.54, 1.807) is 0 Å². The highest BCUT2D eigenvalue weighted by Gasteiger charge is 2.24. The third-order valence-electron chi connectivity index (χ3n) is 4.18. The Morgan fingerprint density at radius 2 is 1.70 bits per heavy atom. The Morgan fingerprint density at radius 1 is 1.09 bits per heavy atom.